The summed E-state index contributed by atoms with van der Waals surface area (Å²) in [4.78, 5) is 2.29. The Morgan fingerprint density at radius 1 is 1.19 bits per heavy atom. The number of rotatable bonds is 3. The molecule has 21 heavy (non-hydrogen) atoms. The Bertz CT molecular complexity index is 467. The molecule has 0 saturated carbocycles. The molecule has 0 radical (unpaired) electrons. The summed E-state index contributed by atoms with van der Waals surface area (Å²) in [5, 5.41) is 16.3. The van der Waals surface area contributed by atoms with Gasteiger partial charge in [-0.15, -0.1) is 0 Å². The molecule has 5 nitrogen and oxygen atoms in total. The van der Waals surface area contributed by atoms with Crippen LogP contribution in [-0.2, 0) is 0 Å². The summed E-state index contributed by atoms with van der Waals surface area (Å²) in [5.74, 6) is 0.680. The lowest BCUT2D eigenvalue weighted by atomic mass is 10.1. The van der Waals surface area contributed by atoms with Crippen LogP contribution in [0.1, 0.15) is 25.0 Å². The van der Waals surface area contributed by atoms with Gasteiger partial charge in [0.25, 0.3) is 0 Å². The van der Waals surface area contributed by atoms with Gasteiger partial charge in [0.05, 0.1) is 13.3 Å². The summed E-state index contributed by atoms with van der Waals surface area (Å²) < 4.78 is 5.14. The van der Waals surface area contributed by atoms with Crippen molar-refractivity contribution in [3.05, 3.63) is 23.3 Å². The van der Waals surface area contributed by atoms with Crippen LogP contribution in [-0.4, -0.2) is 61.6 Å². The van der Waals surface area contributed by atoms with Crippen molar-refractivity contribution in [2.75, 3.05) is 40.3 Å². The number of piperazine rings is 1. The smallest absolute Gasteiger partial charge is 0.161 e. The number of aryl methyl sites for hydroxylation is 1. The van der Waals surface area contributed by atoms with Crippen molar-refractivity contribution in [2.24, 2.45) is 5.10 Å². The van der Waals surface area contributed by atoms with Crippen LogP contribution in [0.15, 0.2) is 17.2 Å². The first-order chi connectivity index (χ1) is 10.1. The first-order valence-electron chi connectivity index (χ1n) is 7.45. The van der Waals surface area contributed by atoms with Gasteiger partial charge in [-0.3, -0.25) is 5.01 Å². The second-order valence-corrected chi connectivity index (χ2v) is 4.89. The number of hydrazone groups is 1. The molecule has 0 aromatic heterocycles. The molecule has 5 heteroatoms. The van der Waals surface area contributed by atoms with Crippen LogP contribution < -0.4 is 4.74 Å². The van der Waals surface area contributed by atoms with Crippen molar-refractivity contribution in [2.45, 2.75) is 20.8 Å². The van der Waals surface area contributed by atoms with Crippen LogP contribution in [0.2, 0.25) is 0 Å². The molecular formula is C16H27N3O2. The fraction of sp³-hybridized carbons (Fsp3) is 0.562. The van der Waals surface area contributed by atoms with Gasteiger partial charge >= 0.3 is 0 Å². The Hall–Kier alpha value is -1.75. The van der Waals surface area contributed by atoms with Crippen LogP contribution in [0.3, 0.4) is 0 Å². The van der Waals surface area contributed by atoms with E-state index in [4.69, 9.17) is 4.74 Å². The Morgan fingerprint density at radius 3 is 2.38 bits per heavy atom. The van der Waals surface area contributed by atoms with E-state index in [-0.39, 0.29) is 5.75 Å². The van der Waals surface area contributed by atoms with Crippen molar-refractivity contribution < 1.29 is 9.84 Å². The molecule has 118 valence electrons. The van der Waals surface area contributed by atoms with Crippen LogP contribution in [0, 0.1) is 6.92 Å². The van der Waals surface area contributed by atoms with E-state index in [1.54, 1.807) is 13.2 Å². The van der Waals surface area contributed by atoms with Gasteiger partial charge in [-0.05, 0) is 37.2 Å². The Labute approximate surface area is 127 Å². The van der Waals surface area contributed by atoms with E-state index >= 15 is 0 Å². The average Bonchev–Trinajstić information content (AvgIpc) is 2.52. The minimum Gasteiger partial charge on any atom is -0.504 e. The maximum atomic E-state index is 9.78. The predicted molar refractivity (Wildman–Crippen MR) is 87.4 cm³/mol. The van der Waals surface area contributed by atoms with Gasteiger partial charge in [-0.25, -0.2) is 0 Å². The molecule has 1 aliphatic heterocycles. The van der Waals surface area contributed by atoms with E-state index in [9.17, 15) is 5.11 Å². The lowest BCUT2D eigenvalue weighted by molar-refractivity contribution is 0.159. The Kier molecular flexibility index (Phi) is 7.02. The number of ether oxygens (including phenoxy) is 1. The molecule has 0 spiro atoms. The fourth-order valence-electron chi connectivity index (χ4n) is 2.06. The predicted octanol–water partition coefficient (Wildman–Crippen LogP) is 2.32. The molecule has 0 aliphatic carbocycles. The number of nitrogens with zero attached hydrogens (tertiary/aromatic N) is 3. The standard InChI is InChI=1S/C14H21N3O2.C2H6/c1-11-8-12(9-13(19-3)14(11)18)10-15-17-6-4-16(2)5-7-17;1-2/h8-10,18H,4-7H2,1-3H3;1-2H3/b15-10+;. The van der Waals surface area contributed by atoms with E-state index in [0.717, 1.165) is 37.3 Å². The molecule has 1 aliphatic rings. The largest absolute Gasteiger partial charge is 0.504 e. The van der Waals surface area contributed by atoms with Crippen molar-refractivity contribution >= 4 is 6.21 Å². The van der Waals surface area contributed by atoms with Crippen molar-refractivity contribution in [3.8, 4) is 11.5 Å². The van der Waals surface area contributed by atoms with E-state index < -0.39 is 0 Å². The van der Waals surface area contributed by atoms with Crippen molar-refractivity contribution in [1.82, 2.24) is 9.91 Å². The zero-order valence-corrected chi connectivity index (χ0v) is 13.8. The summed E-state index contributed by atoms with van der Waals surface area (Å²) in [6.07, 6.45) is 1.82. The summed E-state index contributed by atoms with van der Waals surface area (Å²) in [5.41, 5.74) is 1.73. The van der Waals surface area contributed by atoms with E-state index in [1.165, 1.54) is 0 Å². The van der Waals surface area contributed by atoms with Gasteiger partial charge < -0.3 is 14.7 Å². The highest BCUT2D eigenvalue weighted by molar-refractivity contribution is 5.81. The zero-order chi connectivity index (χ0) is 15.8. The second kappa shape index (κ2) is 8.52. The molecule has 1 heterocycles. The highest BCUT2D eigenvalue weighted by atomic mass is 16.5. The molecular weight excluding hydrogens is 266 g/mol. The third kappa shape index (κ3) is 4.93. The molecule has 2 rings (SSSR count). The van der Waals surface area contributed by atoms with Gasteiger partial charge in [-0.2, -0.15) is 5.10 Å². The van der Waals surface area contributed by atoms with Gasteiger partial charge in [-0.1, -0.05) is 13.8 Å². The lowest BCUT2D eigenvalue weighted by Gasteiger charge is -2.30. The third-order valence-electron chi connectivity index (χ3n) is 3.36. The first-order valence-corrected chi connectivity index (χ1v) is 7.45. The minimum atomic E-state index is 0.194. The second-order valence-electron chi connectivity index (χ2n) is 4.89. The molecule has 0 amide bonds. The van der Waals surface area contributed by atoms with Gasteiger partial charge in [0.2, 0.25) is 0 Å². The SMILES string of the molecule is CC.COc1cc(/C=N/N2CCN(C)CC2)cc(C)c1O. The van der Waals surface area contributed by atoms with Crippen molar-refractivity contribution in [3.63, 3.8) is 0 Å². The van der Waals surface area contributed by atoms with Crippen LogP contribution in [0.4, 0.5) is 0 Å². The number of aromatic hydroxyl groups is 1. The van der Waals surface area contributed by atoms with Crippen molar-refractivity contribution in [1.29, 1.82) is 0 Å². The van der Waals surface area contributed by atoms with E-state index in [1.807, 2.05) is 33.1 Å². The number of benzene rings is 1. The molecule has 1 aromatic rings. The average molecular weight is 293 g/mol. The monoisotopic (exact) mass is 293 g/mol. The number of hydrogen-bond donors (Lipinski definition) is 1. The van der Waals surface area contributed by atoms with E-state index in [2.05, 4.69) is 22.1 Å². The third-order valence-corrected chi connectivity index (χ3v) is 3.36. The topological polar surface area (TPSA) is 48.3 Å². The van der Waals surface area contributed by atoms with E-state index in [0.29, 0.717) is 5.75 Å². The highest BCUT2D eigenvalue weighted by Gasteiger charge is 2.11. The zero-order valence-electron chi connectivity index (χ0n) is 13.8. The minimum absolute atomic E-state index is 0.194. The molecule has 0 unspecified atom stereocenters. The number of hydrogen-bond acceptors (Lipinski definition) is 5. The molecule has 1 aromatic carbocycles. The summed E-state index contributed by atoms with van der Waals surface area (Å²) in [6, 6.07) is 3.69. The lowest BCUT2D eigenvalue weighted by Crippen LogP contribution is -2.41. The normalized spacial score (nSPS) is 15.8. The van der Waals surface area contributed by atoms with Gasteiger partial charge in [0.15, 0.2) is 11.5 Å². The first kappa shape index (κ1) is 17.3. The fourth-order valence-corrected chi connectivity index (χ4v) is 2.06. The number of methoxy groups -OCH3 is 1. The van der Waals surface area contributed by atoms with Gasteiger partial charge in [0, 0.05) is 26.2 Å². The molecule has 0 bridgehead atoms. The summed E-state index contributed by atoms with van der Waals surface area (Å²) in [6.45, 7) is 9.82. The number of phenolic OH excluding ortho intramolecular Hbond substituents is 1. The molecule has 1 saturated heterocycles. The maximum Gasteiger partial charge on any atom is 0.161 e. The van der Waals surface area contributed by atoms with Crippen LogP contribution >= 0.6 is 0 Å². The number of likely N-dealkylation sites (N-methyl/N-ethyl adjacent to an activating group) is 1. The molecule has 1 fully saturated rings. The maximum absolute atomic E-state index is 9.78. The Morgan fingerprint density at radius 2 is 1.81 bits per heavy atom. The summed E-state index contributed by atoms with van der Waals surface area (Å²) in [7, 11) is 3.67. The highest BCUT2D eigenvalue weighted by Crippen LogP contribution is 2.30. The molecule has 1 N–H and O–H groups in total. The Balaban J connectivity index is 0.00000106. The number of phenols is 1. The summed E-state index contributed by atoms with van der Waals surface area (Å²) >= 11 is 0. The van der Waals surface area contributed by atoms with Gasteiger partial charge in [0.1, 0.15) is 0 Å². The van der Waals surface area contributed by atoms with Crippen LogP contribution in [0.5, 0.6) is 11.5 Å². The molecule has 0 atom stereocenters. The van der Waals surface area contributed by atoms with Crippen LogP contribution in [0.25, 0.3) is 0 Å². The quantitative estimate of drug-likeness (QED) is 0.869.